The van der Waals surface area contributed by atoms with Gasteiger partial charge in [-0.05, 0) is 50.6 Å². The van der Waals surface area contributed by atoms with E-state index in [0.717, 1.165) is 11.3 Å². The summed E-state index contributed by atoms with van der Waals surface area (Å²) in [5.74, 6) is 0.0955. The highest BCUT2D eigenvalue weighted by molar-refractivity contribution is 5.94. The van der Waals surface area contributed by atoms with E-state index < -0.39 is 0 Å². The van der Waals surface area contributed by atoms with Gasteiger partial charge in [0.2, 0.25) is 0 Å². The number of carbonyl (C=O) groups is 1. The molecule has 0 radical (unpaired) electrons. The highest BCUT2D eigenvalue weighted by atomic mass is 16.1. The summed E-state index contributed by atoms with van der Waals surface area (Å²) < 4.78 is 0. The van der Waals surface area contributed by atoms with Gasteiger partial charge in [0.25, 0.3) is 0 Å². The van der Waals surface area contributed by atoms with E-state index in [1.807, 2.05) is 24.3 Å². The molecule has 0 saturated carbocycles. The van der Waals surface area contributed by atoms with E-state index in [-0.39, 0.29) is 11.8 Å². The summed E-state index contributed by atoms with van der Waals surface area (Å²) in [4.78, 5) is 11.2. The topological polar surface area (TPSA) is 29.1 Å². The lowest BCUT2D eigenvalue weighted by Gasteiger charge is -2.16. The van der Waals surface area contributed by atoms with Crippen LogP contribution >= 0.6 is 0 Å². The molecule has 2 heteroatoms. The molecular formula is C17H19NO. The fourth-order valence-corrected chi connectivity index (χ4v) is 1.99. The SMILES string of the molecule is CC(=O)c1ccc(NC(C)c2ccc(C)cc2)cc1. The minimum absolute atomic E-state index is 0.0955. The summed E-state index contributed by atoms with van der Waals surface area (Å²) in [6, 6.07) is 16.3. The number of anilines is 1. The number of hydrogen-bond acceptors (Lipinski definition) is 2. The lowest BCUT2D eigenvalue weighted by molar-refractivity contribution is 0.101. The second-order valence-corrected chi connectivity index (χ2v) is 4.91. The Morgan fingerprint density at radius 2 is 1.58 bits per heavy atom. The van der Waals surface area contributed by atoms with Crippen molar-refractivity contribution in [3.63, 3.8) is 0 Å². The van der Waals surface area contributed by atoms with Gasteiger partial charge < -0.3 is 5.32 Å². The van der Waals surface area contributed by atoms with Crippen molar-refractivity contribution in [3.8, 4) is 0 Å². The smallest absolute Gasteiger partial charge is 0.159 e. The van der Waals surface area contributed by atoms with Crippen molar-refractivity contribution in [1.29, 1.82) is 0 Å². The fourth-order valence-electron chi connectivity index (χ4n) is 1.99. The number of carbonyl (C=O) groups excluding carboxylic acids is 1. The molecule has 2 aromatic rings. The lowest BCUT2D eigenvalue weighted by Crippen LogP contribution is -2.06. The predicted molar refractivity (Wildman–Crippen MR) is 79.7 cm³/mol. The Kier molecular flexibility index (Phi) is 4.00. The number of nitrogens with one attached hydrogen (secondary N) is 1. The lowest BCUT2D eigenvalue weighted by atomic mass is 10.1. The Balaban J connectivity index is 2.08. The second-order valence-electron chi connectivity index (χ2n) is 4.91. The Hall–Kier alpha value is -2.09. The zero-order valence-corrected chi connectivity index (χ0v) is 11.6. The molecule has 0 heterocycles. The average Bonchev–Trinajstić information content (AvgIpc) is 2.40. The van der Waals surface area contributed by atoms with Crippen LogP contribution in [0.2, 0.25) is 0 Å². The first-order chi connectivity index (χ1) is 9.06. The van der Waals surface area contributed by atoms with Crippen molar-refractivity contribution < 1.29 is 4.79 Å². The van der Waals surface area contributed by atoms with Gasteiger partial charge in [-0.15, -0.1) is 0 Å². The first-order valence-corrected chi connectivity index (χ1v) is 6.50. The molecule has 1 unspecified atom stereocenters. The third-order valence-electron chi connectivity index (χ3n) is 3.25. The molecule has 0 amide bonds. The van der Waals surface area contributed by atoms with Gasteiger partial charge >= 0.3 is 0 Å². The van der Waals surface area contributed by atoms with Crippen LogP contribution in [-0.4, -0.2) is 5.78 Å². The number of hydrogen-bond donors (Lipinski definition) is 1. The van der Waals surface area contributed by atoms with Crippen molar-refractivity contribution in [2.45, 2.75) is 26.8 Å². The molecule has 0 fully saturated rings. The van der Waals surface area contributed by atoms with Crippen LogP contribution in [-0.2, 0) is 0 Å². The molecule has 0 aromatic heterocycles. The van der Waals surface area contributed by atoms with Crippen LogP contribution in [0.15, 0.2) is 48.5 Å². The zero-order valence-electron chi connectivity index (χ0n) is 11.6. The van der Waals surface area contributed by atoms with E-state index in [4.69, 9.17) is 0 Å². The number of Topliss-reactive ketones (excluding diaryl/α,β-unsaturated/α-hetero) is 1. The highest BCUT2D eigenvalue weighted by Crippen LogP contribution is 2.20. The largest absolute Gasteiger partial charge is 0.379 e. The maximum absolute atomic E-state index is 11.2. The standard InChI is InChI=1S/C17H19NO/c1-12-4-6-15(7-5-12)13(2)18-17-10-8-16(9-11-17)14(3)19/h4-11,13,18H,1-3H3. The highest BCUT2D eigenvalue weighted by Gasteiger charge is 2.05. The van der Waals surface area contributed by atoms with Crippen LogP contribution in [0.1, 0.15) is 41.4 Å². The normalized spacial score (nSPS) is 11.9. The first-order valence-electron chi connectivity index (χ1n) is 6.50. The quantitative estimate of drug-likeness (QED) is 0.820. The van der Waals surface area contributed by atoms with Crippen LogP contribution in [0.25, 0.3) is 0 Å². The van der Waals surface area contributed by atoms with Gasteiger partial charge in [-0.25, -0.2) is 0 Å². The summed E-state index contributed by atoms with van der Waals surface area (Å²) in [5, 5.41) is 3.43. The van der Waals surface area contributed by atoms with E-state index in [2.05, 4.69) is 43.4 Å². The molecule has 2 aromatic carbocycles. The van der Waals surface area contributed by atoms with Crippen molar-refractivity contribution in [3.05, 3.63) is 65.2 Å². The van der Waals surface area contributed by atoms with Gasteiger partial charge in [0.05, 0.1) is 0 Å². The molecule has 98 valence electrons. The van der Waals surface area contributed by atoms with E-state index in [1.165, 1.54) is 11.1 Å². The maximum Gasteiger partial charge on any atom is 0.159 e. The Morgan fingerprint density at radius 3 is 2.11 bits per heavy atom. The van der Waals surface area contributed by atoms with Crippen molar-refractivity contribution in [1.82, 2.24) is 0 Å². The van der Waals surface area contributed by atoms with E-state index in [9.17, 15) is 4.79 Å². The van der Waals surface area contributed by atoms with Gasteiger partial charge in [-0.1, -0.05) is 29.8 Å². The molecule has 0 aliphatic carbocycles. The summed E-state index contributed by atoms with van der Waals surface area (Å²) in [6.45, 7) is 5.79. The average molecular weight is 253 g/mol. The van der Waals surface area contributed by atoms with E-state index >= 15 is 0 Å². The molecule has 2 nitrogen and oxygen atoms in total. The van der Waals surface area contributed by atoms with Gasteiger partial charge in [0.15, 0.2) is 5.78 Å². The van der Waals surface area contributed by atoms with Crippen LogP contribution in [0.3, 0.4) is 0 Å². The van der Waals surface area contributed by atoms with Gasteiger partial charge in [0.1, 0.15) is 0 Å². The van der Waals surface area contributed by atoms with Crippen LogP contribution < -0.4 is 5.32 Å². The number of benzene rings is 2. The van der Waals surface area contributed by atoms with Crippen LogP contribution in [0, 0.1) is 6.92 Å². The minimum Gasteiger partial charge on any atom is -0.379 e. The summed E-state index contributed by atoms with van der Waals surface area (Å²) >= 11 is 0. The van der Waals surface area contributed by atoms with Gasteiger partial charge in [-0.2, -0.15) is 0 Å². The predicted octanol–water partition coefficient (Wildman–Crippen LogP) is 4.37. The van der Waals surface area contributed by atoms with Crippen molar-refractivity contribution in [2.75, 3.05) is 5.32 Å². The molecule has 0 saturated heterocycles. The van der Waals surface area contributed by atoms with E-state index in [1.54, 1.807) is 6.92 Å². The van der Waals surface area contributed by atoms with Crippen LogP contribution in [0.4, 0.5) is 5.69 Å². The number of aryl methyl sites for hydroxylation is 1. The van der Waals surface area contributed by atoms with E-state index in [0.29, 0.717) is 0 Å². The van der Waals surface area contributed by atoms with Crippen molar-refractivity contribution >= 4 is 11.5 Å². The molecule has 0 bridgehead atoms. The third-order valence-corrected chi connectivity index (χ3v) is 3.25. The number of rotatable bonds is 4. The number of ketones is 1. The van der Waals surface area contributed by atoms with Gasteiger partial charge in [0, 0.05) is 17.3 Å². The molecule has 1 N–H and O–H groups in total. The van der Waals surface area contributed by atoms with Crippen molar-refractivity contribution in [2.24, 2.45) is 0 Å². The molecule has 1 atom stereocenters. The molecule has 0 aliphatic heterocycles. The summed E-state index contributed by atoms with van der Waals surface area (Å²) in [6.07, 6.45) is 0. The summed E-state index contributed by atoms with van der Waals surface area (Å²) in [7, 11) is 0. The van der Waals surface area contributed by atoms with Crippen LogP contribution in [0.5, 0.6) is 0 Å². The Labute approximate surface area is 114 Å². The Morgan fingerprint density at radius 1 is 1.00 bits per heavy atom. The zero-order chi connectivity index (χ0) is 13.8. The molecule has 0 spiro atoms. The first kappa shape index (κ1) is 13.3. The molecule has 19 heavy (non-hydrogen) atoms. The molecular weight excluding hydrogens is 234 g/mol. The second kappa shape index (κ2) is 5.70. The Bertz CT molecular complexity index is 555. The third kappa shape index (κ3) is 3.44. The minimum atomic E-state index is 0.0955. The molecule has 0 aliphatic rings. The monoisotopic (exact) mass is 253 g/mol. The maximum atomic E-state index is 11.2. The summed E-state index contributed by atoms with van der Waals surface area (Å²) in [5.41, 5.74) is 4.29. The molecule has 2 rings (SSSR count). The van der Waals surface area contributed by atoms with Gasteiger partial charge in [-0.3, -0.25) is 4.79 Å². The fraction of sp³-hybridized carbons (Fsp3) is 0.235.